The quantitative estimate of drug-likeness (QED) is 0.475. The fourth-order valence-corrected chi connectivity index (χ4v) is 1.14. The minimum Gasteiger partial charge on any atom is -0.465 e. The molecule has 0 saturated heterocycles. The molecule has 0 rings (SSSR count). The minimum absolute atomic E-state index is 0.0524. The molecular weight excluding hydrogens is 172 g/mol. The molecule has 0 radical (unpaired) electrons. The van der Waals surface area contributed by atoms with Gasteiger partial charge in [0, 0.05) is 5.75 Å². The Bertz CT molecular complexity index is 126. The first-order valence-electron chi connectivity index (χ1n) is 4.46. The highest BCUT2D eigenvalue weighted by molar-refractivity contribution is 7.99. The van der Waals surface area contributed by atoms with Crippen LogP contribution in [0.3, 0.4) is 0 Å². The van der Waals surface area contributed by atoms with E-state index in [0.717, 1.165) is 17.9 Å². The highest BCUT2D eigenvalue weighted by Gasteiger charge is 2.10. The van der Waals surface area contributed by atoms with Gasteiger partial charge in [-0.25, -0.2) is 0 Å². The van der Waals surface area contributed by atoms with Crippen molar-refractivity contribution in [3.05, 3.63) is 0 Å². The molecule has 2 nitrogen and oxygen atoms in total. The molecule has 1 atom stereocenters. The van der Waals surface area contributed by atoms with Crippen LogP contribution in [-0.4, -0.2) is 24.1 Å². The topological polar surface area (TPSA) is 26.3 Å². The van der Waals surface area contributed by atoms with Gasteiger partial charge in [-0.05, 0) is 12.2 Å². The molecule has 0 spiro atoms. The molecule has 0 amide bonds. The Labute approximate surface area is 79.1 Å². The van der Waals surface area contributed by atoms with E-state index in [2.05, 4.69) is 6.92 Å². The van der Waals surface area contributed by atoms with Crippen molar-refractivity contribution >= 4 is 17.7 Å². The third-order valence-corrected chi connectivity index (χ3v) is 2.55. The van der Waals surface area contributed by atoms with E-state index in [1.165, 1.54) is 0 Å². The molecule has 0 aromatic rings. The van der Waals surface area contributed by atoms with Gasteiger partial charge in [0.05, 0.1) is 5.92 Å². The molecule has 12 heavy (non-hydrogen) atoms. The van der Waals surface area contributed by atoms with E-state index in [9.17, 15) is 4.79 Å². The van der Waals surface area contributed by atoms with Gasteiger partial charge in [-0.15, -0.1) is 0 Å². The maximum absolute atomic E-state index is 11.1. The monoisotopic (exact) mass is 190 g/mol. The Morgan fingerprint density at radius 1 is 1.50 bits per heavy atom. The van der Waals surface area contributed by atoms with Crippen LogP contribution in [0, 0.1) is 5.92 Å². The van der Waals surface area contributed by atoms with E-state index in [0.29, 0.717) is 6.61 Å². The van der Waals surface area contributed by atoms with Crippen molar-refractivity contribution in [3.8, 4) is 0 Å². The molecule has 0 aliphatic heterocycles. The summed E-state index contributed by atoms with van der Waals surface area (Å²) >= 11 is 1.79. The standard InChI is InChI=1S/C9H18O2S/c1-4-8(3)9(10)11-6-7-12-5-2/h8H,4-7H2,1-3H3. The van der Waals surface area contributed by atoms with E-state index in [1.807, 2.05) is 13.8 Å². The van der Waals surface area contributed by atoms with Crippen molar-refractivity contribution in [1.29, 1.82) is 0 Å². The molecule has 0 heterocycles. The lowest BCUT2D eigenvalue weighted by Gasteiger charge is -2.08. The summed E-state index contributed by atoms with van der Waals surface area (Å²) in [5, 5.41) is 0. The first kappa shape index (κ1) is 11.8. The summed E-state index contributed by atoms with van der Waals surface area (Å²) < 4.78 is 5.04. The summed E-state index contributed by atoms with van der Waals surface area (Å²) in [4.78, 5) is 11.1. The normalized spacial score (nSPS) is 12.6. The summed E-state index contributed by atoms with van der Waals surface area (Å²) in [6.45, 7) is 6.55. The molecule has 0 aromatic carbocycles. The second-order valence-electron chi connectivity index (χ2n) is 2.67. The highest BCUT2D eigenvalue weighted by Crippen LogP contribution is 2.04. The Hall–Kier alpha value is -0.180. The van der Waals surface area contributed by atoms with Crippen molar-refractivity contribution in [2.45, 2.75) is 27.2 Å². The van der Waals surface area contributed by atoms with Gasteiger partial charge in [0.1, 0.15) is 6.61 Å². The number of carbonyl (C=O) groups excluding carboxylic acids is 1. The number of ether oxygens (including phenoxy) is 1. The van der Waals surface area contributed by atoms with Gasteiger partial charge >= 0.3 is 5.97 Å². The third kappa shape index (κ3) is 5.47. The van der Waals surface area contributed by atoms with Crippen LogP contribution in [0.1, 0.15) is 27.2 Å². The van der Waals surface area contributed by atoms with Crippen LogP contribution in [-0.2, 0) is 9.53 Å². The molecule has 0 aliphatic carbocycles. The number of thioether (sulfide) groups is 1. The predicted octanol–water partition coefficient (Wildman–Crippen LogP) is 2.33. The number of hydrogen-bond acceptors (Lipinski definition) is 3. The fourth-order valence-electron chi connectivity index (χ4n) is 0.654. The zero-order chi connectivity index (χ0) is 9.40. The van der Waals surface area contributed by atoms with E-state index in [4.69, 9.17) is 4.74 Å². The number of carbonyl (C=O) groups is 1. The summed E-state index contributed by atoms with van der Waals surface area (Å²) in [6, 6.07) is 0. The molecule has 0 aliphatic rings. The fraction of sp³-hybridized carbons (Fsp3) is 0.889. The first-order valence-corrected chi connectivity index (χ1v) is 5.62. The van der Waals surface area contributed by atoms with Crippen molar-refractivity contribution in [1.82, 2.24) is 0 Å². The number of rotatable bonds is 6. The van der Waals surface area contributed by atoms with Gasteiger partial charge in [-0.1, -0.05) is 20.8 Å². The van der Waals surface area contributed by atoms with Gasteiger partial charge in [0.15, 0.2) is 0 Å². The molecular formula is C9H18O2S. The lowest BCUT2D eigenvalue weighted by atomic mass is 10.1. The van der Waals surface area contributed by atoms with Crippen molar-refractivity contribution in [2.24, 2.45) is 5.92 Å². The van der Waals surface area contributed by atoms with Crippen molar-refractivity contribution in [2.75, 3.05) is 18.1 Å². The lowest BCUT2D eigenvalue weighted by molar-refractivity contribution is -0.147. The molecule has 1 unspecified atom stereocenters. The van der Waals surface area contributed by atoms with Crippen LogP contribution in [0.25, 0.3) is 0 Å². The molecule has 3 heteroatoms. The van der Waals surface area contributed by atoms with Crippen LogP contribution >= 0.6 is 11.8 Å². The largest absolute Gasteiger partial charge is 0.465 e. The number of hydrogen-bond donors (Lipinski definition) is 0. The minimum atomic E-state index is -0.0609. The van der Waals surface area contributed by atoms with E-state index in [1.54, 1.807) is 11.8 Å². The number of esters is 1. The van der Waals surface area contributed by atoms with Gasteiger partial charge in [-0.2, -0.15) is 11.8 Å². The van der Waals surface area contributed by atoms with Crippen LogP contribution in [0.2, 0.25) is 0 Å². The van der Waals surface area contributed by atoms with Crippen molar-refractivity contribution in [3.63, 3.8) is 0 Å². The average molecular weight is 190 g/mol. The van der Waals surface area contributed by atoms with E-state index >= 15 is 0 Å². The second-order valence-corrected chi connectivity index (χ2v) is 4.07. The van der Waals surface area contributed by atoms with E-state index < -0.39 is 0 Å². The molecule has 0 bridgehead atoms. The third-order valence-electron chi connectivity index (χ3n) is 1.69. The van der Waals surface area contributed by atoms with Gasteiger partial charge in [-0.3, -0.25) is 4.79 Å². The maximum Gasteiger partial charge on any atom is 0.308 e. The molecule has 72 valence electrons. The SMILES string of the molecule is CCSCCOC(=O)C(C)CC. The second kappa shape index (κ2) is 7.47. The summed E-state index contributed by atoms with van der Waals surface area (Å²) in [7, 11) is 0. The Morgan fingerprint density at radius 2 is 2.17 bits per heavy atom. The Kier molecular flexibility index (Phi) is 7.36. The summed E-state index contributed by atoms with van der Waals surface area (Å²) in [5.41, 5.74) is 0. The van der Waals surface area contributed by atoms with Crippen LogP contribution < -0.4 is 0 Å². The molecule has 0 fully saturated rings. The Morgan fingerprint density at radius 3 is 2.67 bits per heavy atom. The maximum atomic E-state index is 11.1. The predicted molar refractivity (Wildman–Crippen MR) is 53.4 cm³/mol. The first-order chi connectivity index (χ1) is 5.72. The van der Waals surface area contributed by atoms with Crippen LogP contribution in [0.4, 0.5) is 0 Å². The summed E-state index contributed by atoms with van der Waals surface area (Å²) in [6.07, 6.45) is 0.861. The van der Waals surface area contributed by atoms with Crippen LogP contribution in [0.15, 0.2) is 0 Å². The van der Waals surface area contributed by atoms with Crippen LogP contribution in [0.5, 0.6) is 0 Å². The highest BCUT2D eigenvalue weighted by atomic mass is 32.2. The Balaban J connectivity index is 3.31. The van der Waals surface area contributed by atoms with E-state index in [-0.39, 0.29) is 11.9 Å². The van der Waals surface area contributed by atoms with Crippen molar-refractivity contribution < 1.29 is 9.53 Å². The smallest absolute Gasteiger partial charge is 0.308 e. The van der Waals surface area contributed by atoms with Gasteiger partial charge in [0.25, 0.3) is 0 Å². The zero-order valence-corrected chi connectivity index (χ0v) is 8.95. The average Bonchev–Trinajstić information content (AvgIpc) is 2.10. The molecule has 0 N–H and O–H groups in total. The zero-order valence-electron chi connectivity index (χ0n) is 8.13. The molecule has 0 saturated carbocycles. The van der Waals surface area contributed by atoms with Gasteiger partial charge in [0.2, 0.25) is 0 Å². The van der Waals surface area contributed by atoms with Gasteiger partial charge < -0.3 is 4.74 Å². The lowest BCUT2D eigenvalue weighted by Crippen LogP contribution is -2.15. The molecule has 0 aromatic heterocycles. The summed E-state index contributed by atoms with van der Waals surface area (Å²) in [5.74, 6) is 1.99.